The van der Waals surface area contributed by atoms with E-state index in [2.05, 4.69) is 25.5 Å². The lowest BCUT2D eigenvalue weighted by Crippen LogP contribution is -2.43. The summed E-state index contributed by atoms with van der Waals surface area (Å²) in [6.07, 6.45) is 7.93. The lowest BCUT2D eigenvalue weighted by Gasteiger charge is -2.25. The van der Waals surface area contributed by atoms with Crippen LogP contribution in [-0.4, -0.2) is 40.9 Å². The molecule has 1 aliphatic heterocycles. The highest BCUT2D eigenvalue weighted by molar-refractivity contribution is 6.35. The normalized spacial score (nSPS) is 16.6. The van der Waals surface area contributed by atoms with Crippen molar-refractivity contribution in [2.75, 3.05) is 18.0 Å². The van der Waals surface area contributed by atoms with Crippen LogP contribution in [0.2, 0.25) is 0 Å². The van der Waals surface area contributed by atoms with Crippen LogP contribution < -0.4 is 15.5 Å². The maximum absolute atomic E-state index is 12.0. The van der Waals surface area contributed by atoms with Gasteiger partial charge in [0.25, 0.3) is 0 Å². The Bertz CT molecular complexity index is 624. The van der Waals surface area contributed by atoms with Crippen molar-refractivity contribution in [1.82, 2.24) is 20.6 Å². The number of rotatable bonds is 4. The second-order valence-corrected chi connectivity index (χ2v) is 7.29. The van der Waals surface area contributed by atoms with Crippen LogP contribution in [0.5, 0.6) is 0 Å². The molecule has 2 N–H and O–H groups in total. The smallest absolute Gasteiger partial charge is 0.309 e. The van der Waals surface area contributed by atoms with Crippen molar-refractivity contribution in [3.05, 3.63) is 17.5 Å². The van der Waals surface area contributed by atoms with Gasteiger partial charge in [-0.3, -0.25) is 9.59 Å². The van der Waals surface area contributed by atoms with E-state index >= 15 is 0 Å². The summed E-state index contributed by atoms with van der Waals surface area (Å²) < 4.78 is 0. The molecule has 0 bridgehead atoms. The third kappa shape index (κ3) is 5.68. The van der Waals surface area contributed by atoms with E-state index in [0.29, 0.717) is 0 Å². The van der Waals surface area contributed by atoms with Gasteiger partial charge in [0.1, 0.15) is 0 Å². The van der Waals surface area contributed by atoms with Crippen molar-refractivity contribution in [3.8, 4) is 0 Å². The predicted octanol–water partition coefficient (Wildman–Crippen LogP) is 2.26. The standard InChI is InChI=1S/C19H31N5O2/c1-13(2)21-17(25)18(26)22-14(3)16-12-20-19(23-15(16)4)24-10-8-6-5-7-9-11-24/h12-14H,5-11H2,1-4H3,(H,21,25)(H,22,26)/t14-/m0/s1. The number of aryl methyl sites for hydroxylation is 1. The largest absolute Gasteiger partial charge is 0.346 e. The van der Waals surface area contributed by atoms with Crippen molar-refractivity contribution >= 4 is 17.8 Å². The van der Waals surface area contributed by atoms with Crippen LogP contribution in [-0.2, 0) is 9.59 Å². The highest BCUT2D eigenvalue weighted by atomic mass is 16.2. The Balaban J connectivity index is 2.03. The minimum Gasteiger partial charge on any atom is -0.346 e. The summed E-state index contributed by atoms with van der Waals surface area (Å²) in [6.45, 7) is 9.36. The Morgan fingerprint density at radius 3 is 2.15 bits per heavy atom. The number of amides is 2. The molecule has 1 aromatic heterocycles. The minimum atomic E-state index is -0.640. The zero-order valence-corrected chi connectivity index (χ0v) is 16.3. The highest BCUT2D eigenvalue weighted by Gasteiger charge is 2.20. The first-order chi connectivity index (χ1) is 12.4. The molecule has 2 rings (SSSR count). The second kappa shape index (κ2) is 9.50. The van der Waals surface area contributed by atoms with Crippen LogP contribution in [0.1, 0.15) is 70.2 Å². The summed E-state index contributed by atoms with van der Waals surface area (Å²) in [6, 6.07) is -0.410. The Morgan fingerprint density at radius 2 is 1.58 bits per heavy atom. The molecule has 1 saturated heterocycles. The Kier molecular flexibility index (Phi) is 7.36. The van der Waals surface area contributed by atoms with Gasteiger partial charge in [-0.2, -0.15) is 0 Å². The number of carbonyl (C=O) groups excluding carboxylic acids is 2. The van der Waals surface area contributed by atoms with Gasteiger partial charge in [0, 0.05) is 36.6 Å². The molecule has 0 unspecified atom stereocenters. The zero-order chi connectivity index (χ0) is 19.1. The molecule has 7 nitrogen and oxygen atoms in total. The fourth-order valence-corrected chi connectivity index (χ4v) is 3.16. The van der Waals surface area contributed by atoms with Gasteiger partial charge < -0.3 is 15.5 Å². The van der Waals surface area contributed by atoms with Gasteiger partial charge in [-0.05, 0) is 40.5 Å². The van der Waals surface area contributed by atoms with Crippen LogP contribution >= 0.6 is 0 Å². The van der Waals surface area contributed by atoms with Crippen molar-refractivity contribution in [1.29, 1.82) is 0 Å². The molecule has 0 aromatic carbocycles. The summed E-state index contributed by atoms with van der Waals surface area (Å²) in [5, 5.41) is 5.30. The number of hydrogen-bond acceptors (Lipinski definition) is 5. The van der Waals surface area contributed by atoms with Gasteiger partial charge in [-0.1, -0.05) is 19.3 Å². The maximum atomic E-state index is 12.0. The lowest BCUT2D eigenvalue weighted by atomic mass is 10.1. The van der Waals surface area contributed by atoms with Crippen LogP contribution in [0.4, 0.5) is 5.95 Å². The molecule has 0 spiro atoms. The van der Waals surface area contributed by atoms with Crippen molar-refractivity contribution in [2.24, 2.45) is 0 Å². The predicted molar refractivity (Wildman–Crippen MR) is 102 cm³/mol. The number of carbonyl (C=O) groups is 2. The average molecular weight is 361 g/mol. The number of hydrogen-bond donors (Lipinski definition) is 2. The van der Waals surface area contributed by atoms with E-state index in [1.165, 1.54) is 32.1 Å². The molecule has 1 aliphatic rings. The quantitative estimate of drug-likeness (QED) is 0.803. The third-order valence-electron chi connectivity index (χ3n) is 4.58. The van der Waals surface area contributed by atoms with Gasteiger partial charge in [-0.15, -0.1) is 0 Å². The van der Waals surface area contributed by atoms with Crippen molar-refractivity contribution in [2.45, 2.75) is 71.9 Å². The molecule has 2 amide bonds. The summed E-state index contributed by atoms with van der Waals surface area (Å²) >= 11 is 0. The summed E-state index contributed by atoms with van der Waals surface area (Å²) in [5.41, 5.74) is 1.65. The number of anilines is 1. The molecule has 0 aliphatic carbocycles. The van der Waals surface area contributed by atoms with Gasteiger partial charge in [0.15, 0.2) is 0 Å². The van der Waals surface area contributed by atoms with E-state index in [1.54, 1.807) is 6.20 Å². The number of nitrogens with one attached hydrogen (secondary N) is 2. The fourth-order valence-electron chi connectivity index (χ4n) is 3.16. The van der Waals surface area contributed by atoms with E-state index in [-0.39, 0.29) is 12.1 Å². The SMILES string of the molecule is Cc1nc(N2CCCCCCC2)ncc1[C@H](C)NC(=O)C(=O)NC(C)C. The molecule has 1 fully saturated rings. The molecule has 26 heavy (non-hydrogen) atoms. The van der Waals surface area contributed by atoms with E-state index in [0.717, 1.165) is 30.3 Å². The minimum absolute atomic E-state index is 0.0780. The third-order valence-corrected chi connectivity index (χ3v) is 4.58. The molecular weight excluding hydrogens is 330 g/mol. The van der Waals surface area contributed by atoms with Gasteiger partial charge >= 0.3 is 11.8 Å². The molecule has 144 valence electrons. The molecule has 7 heteroatoms. The van der Waals surface area contributed by atoms with Crippen LogP contribution in [0.25, 0.3) is 0 Å². The van der Waals surface area contributed by atoms with Crippen molar-refractivity contribution in [3.63, 3.8) is 0 Å². The lowest BCUT2D eigenvalue weighted by molar-refractivity contribution is -0.139. The van der Waals surface area contributed by atoms with E-state index in [9.17, 15) is 9.59 Å². The summed E-state index contributed by atoms with van der Waals surface area (Å²) in [7, 11) is 0. The molecule has 0 saturated carbocycles. The van der Waals surface area contributed by atoms with Crippen LogP contribution in [0.3, 0.4) is 0 Å². The molecular formula is C19H31N5O2. The molecule has 1 atom stereocenters. The van der Waals surface area contributed by atoms with E-state index < -0.39 is 11.8 Å². The first-order valence-electron chi connectivity index (χ1n) is 9.58. The number of nitrogens with zero attached hydrogens (tertiary/aromatic N) is 3. The van der Waals surface area contributed by atoms with E-state index in [1.807, 2.05) is 27.7 Å². The maximum Gasteiger partial charge on any atom is 0.309 e. The zero-order valence-electron chi connectivity index (χ0n) is 16.3. The Morgan fingerprint density at radius 1 is 1.00 bits per heavy atom. The topological polar surface area (TPSA) is 87.2 Å². The summed E-state index contributed by atoms with van der Waals surface area (Å²) in [4.78, 5) is 35.2. The molecule has 2 heterocycles. The number of aromatic nitrogens is 2. The highest BCUT2D eigenvalue weighted by Crippen LogP contribution is 2.20. The Labute approximate surface area is 156 Å². The van der Waals surface area contributed by atoms with Crippen molar-refractivity contribution < 1.29 is 9.59 Å². The molecule has 0 radical (unpaired) electrons. The van der Waals surface area contributed by atoms with E-state index in [4.69, 9.17) is 0 Å². The van der Waals surface area contributed by atoms with Gasteiger partial charge in [0.05, 0.1) is 6.04 Å². The summed E-state index contributed by atoms with van der Waals surface area (Å²) in [5.74, 6) is -0.509. The Hall–Kier alpha value is -2.18. The monoisotopic (exact) mass is 361 g/mol. The van der Waals surface area contributed by atoms with Gasteiger partial charge in [-0.25, -0.2) is 9.97 Å². The van der Waals surface area contributed by atoms with Crippen LogP contribution in [0.15, 0.2) is 6.20 Å². The molecule has 1 aromatic rings. The van der Waals surface area contributed by atoms with Crippen LogP contribution in [0, 0.1) is 6.92 Å². The second-order valence-electron chi connectivity index (χ2n) is 7.29. The average Bonchev–Trinajstić information content (AvgIpc) is 2.53. The fraction of sp³-hybridized carbons (Fsp3) is 0.684. The first kappa shape index (κ1) is 20.1. The first-order valence-corrected chi connectivity index (χ1v) is 9.58. The van der Waals surface area contributed by atoms with Gasteiger partial charge in [0.2, 0.25) is 5.95 Å².